The van der Waals surface area contributed by atoms with Crippen LogP contribution in [-0.4, -0.2) is 42.5 Å². The number of urea groups is 1. The molecule has 1 aliphatic rings. The van der Waals surface area contributed by atoms with Crippen LogP contribution < -0.4 is 29.6 Å². The molecule has 4 aromatic rings. The topological polar surface area (TPSA) is 111 Å². The van der Waals surface area contributed by atoms with Gasteiger partial charge in [-0.05, 0) is 61.0 Å². The minimum Gasteiger partial charge on any atom is -0.487 e. The summed E-state index contributed by atoms with van der Waals surface area (Å²) in [6, 6.07) is 15.3. The third kappa shape index (κ3) is 5.47. The highest BCUT2D eigenvalue weighted by atomic mass is 35.5. The van der Waals surface area contributed by atoms with E-state index in [-0.39, 0.29) is 19.2 Å². The molecule has 0 saturated heterocycles. The first-order valence-corrected chi connectivity index (χ1v) is 12.0. The Balaban J connectivity index is 1.33. The number of halogens is 1. The third-order valence-electron chi connectivity index (χ3n) is 5.55. The van der Waals surface area contributed by atoms with E-state index in [2.05, 4.69) is 15.6 Å². The van der Waals surface area contributed by atoms with E-state index in [9.17, 15) is 4.79 Å². The molecular formula is C27H24ClN3O6. The van der Waals surface area contributed by atoms with Gasteiger partial charge in [0, 0.05) is 28.7 Å². The lowest BCUT2D eigenvalue weighted by Gasteiger charge is -2.23. The summed E-state index contributed by atoms with van der Waals surface area (Å²) in [6.07, 6.45) is 1.63. The molecule has 190 valence electrons. The molecule has 37 heavy (non-hydrogen) atoms. The van der Waals surface area contributed by atoms with E-state index < -0.39 is 0 Å². The molecule has 0 radical (unpaired) electrons. The first-order valence-electron chi connectivity index (χ1n) is 11.6. The number of hydrogen-bond acceptors (Lipinski definition) is 7. The molecular weight excluding hydrogens is 498 g/mol. The summed E-state index contributed by atoms with van der Waals surface area (Å²) >= 11 is 6.04. The number of carbonyl (C=O) groups excluding carboxylic acids is 1. The lowest BCUT2D eigenvalue weighted by molar-refractivity contribution is 0.155. The molecule has 0 aliphatic carbocycles. The van der Waals surface area contributed by atoms with Gasteiger partial charge in [-0.15, -0.1) is 0 Å². The molecule has 3 aromatic carbocycles. The van der Waals surface area contributed by atoms with E-state index in [1.165, 1.54) is 0 Å². The van der Waals surface area contributed by atoms with Gasteiger partial charge >= 0.3 is 6.03 Å². The maximum Gasteiger partial charge on any atom is 0.323 e. The fourth-order valence-electron chi connectivity index (χ4n) is 3.87. The molecule has 3 N–H and O–H groups in total. The number of fused-ring (bicyclic) bond motifs is 3. The lowest BCUT2D eigenvalue weighted by atomic mass is 10.1. The van der Waals surface area contributed by atoms with Crippen molar-refractivity contribution in [1.82, 2.24) is 4.98 Å². The summed E-state index contributed by atoms with van der Waals surface area (Å²) in [5.41, 5.74) is 2.71. The van der Waals surface area contributed by atoms with Crippen molar-refractivity contribution in [2.75, 3.05) is 37.1 Å². The Morgan fingerprint density at radius 3 is 2.49 bits per heavy atom. The Labute approximate surface area is 217 Å². The summed E-state index contributed by atoms with van der Waals surface area (Å²) in [5.74, 6) is 2.46. The Morgan fingerprint density at radius 2 is 1.73 bits per heavy atom. The average molecular weight is 522 g/mol. The molecule has 9 nitrogen and oxygen atoms in total. The number of benzene rings is 3. The second-order valence-electron chi connectivity index (χ2n) is 8.17. The van der Waals surface area contributed by atoms with Gasteiger partial charge in [0.25, 0.3) is 0 Å². The number of anilines is 2. The van der Waals surface area contributed by atoms with Crippen molar-refractivity contribution in [1.29, 1.82) is 0 Å². The average Bonchev–Trinajstić information content (AvgIpc) is 2.90. The van der Waals surface area contributed by atoms with Gasteiger partial charge < -0.3 is 34.7 Å². The molecule has 0 fully saturated rings. The minimum atomic E-state index is -0.376. The quantitative estimate of drug-likeness (QED) is 0.283. The molecule has 2 heterocycles. The second kappa shape index (κ2) is 10.8. The molecule has 2 amide bonds. The van der Waals surface area contributed by atoms with Crippen LogP contribution in [0.1, 0.15) is 5.56 Å². The van der Waals surface area contributed by atoms with Gasteiger partial charge in [-0.2, -0.15) is 0 Å². The number of aromatic nitrogens is 1. The van der Waals surface area contributed by atoms with Gasteiger partial charge in [-0.1, -0.05) is 11.6 Å². The number of aliphatic hydroxyl groups excluding tert-OH is 1. The van der Waals surface area contributed by atoms with Crippen molar-refractivity contribution in [3.63, 3.8) is 0 Å². The van der Waals surface area contributed by atoms with Crippen LogP contribution in [0.25, 0.3) is 10.9 Å². The van der Waals surface area contributed by atoms with Gasteiger partial charge in [-0.3, -0.25) is 4.98 Å². The van der Waals surface area contributed by atoms with Gasteiger partial charge in [-0.25, -0.2) is 4.79 Å². The normalized spacial score (nSPS) is 12.2. The van der Waals surface area contributed by atoms with Crippen molar-refractivity contribution in [3.05, 3.63) is 71.4 Å². The highest BCUT2D eigenvalue weighted by Crippen LogP contribution is 2.48. The summed E-state index contributed by atoms with van der Waals surface area (Å²) < 4.78 is 23.5. The van der Waals surface area contributed by atoms with E-state index in [4.69, 9.17) is 35.7 Å². The first-order chi connectivity index (χ1) is 18.0. The molecule has 0 saturated carbocycles. The molecule has 5 rings (SSSR count). The summed E-state index contributed by atoms with van der Waals surface area (Å²) in [5, 5.41) is 16.0. The molecule has 0 unspecified atom stereocenters. The monoisotopic (exact) mass is 521 g/mol. The predicted octanol–water partition coefficient (Wildman–Crippen LogP) is 5.78. The second-order valence-corrected chi connectivity index (χ2v) is 8.58. The Kier molecular flexibility index (Phi) is 7.16. The number of carbonyl (C=O) groups is 1. The zero-order valence-electron chi connectivity index (χ0n) is 19.9. The summed E-state index contributed by atoms with van der Waals surface area (Å²) in [7, 11) is 0. The van der Waals surface area contributed by atoms with Crippen LogP contribution in [0, 0.1) is 6.92 Å². The first kappa shape index (κ1) is 24.5. The highest BCUT2D eigenvalue weighted by Gasteiger charge is 2.24. The summed E-state index contributed by atoms with van der Waals surface area (Å²) in [4.78, 5) is 16.8. The Morgan fingerprint density at radius 1 is 1.00 bits per heavy atom. The number of rotatable bonds is 7. The predicted molar refractivity (Wildman–Crippen MR) is 141 cm³/mol. The molecule has 1 aromatic heterocycles. The molecule has 10 heteroatoms. The third-order valence-corrected chi connectivity index (χ3v) is 5.97. The molecule has 0 spiro atoms. The van der Waals surface area contributed by atoms with Crippen molar-refractivity contribution in [2.24, 2.45) is 0 Å². The van der Waals surface area contributed by atoms with Crippen LogP contribution in [0.4, 0.5) is 16.2 Å². The van der Waals surface area contributed by atoms with Crippen LogP contribution in [0.15, 0.2) is 60.8 Å². The van der Waals surface area contributed by atoms with Crippen LogP contribution in [0.3, 0.4) is 0 Å². The van der Waals surface area contributed by atoms with E-state index in [1.807, 2.05) is 6.92 Å². The molecule has 0 atom stereocenters. The number of aliphatic hydroxyl groups is 1. The highest BCUT2D eigenvalue weighted by molar-refractivity contribution is 6.31. The summed E-state index contributed by atoms with van der Waals surface area (Å²) in [6.45, 7) is 2.62. The zero-order chi connectivity index (χ0) is 25.8. The van der Waals surface area contributed by atoms with Gasteiger partial charge in [0.2, 0.25) is 5.75 Å². The number of ether oxygens (including phenoxy) is 4. The minimum absolute atomic E-state index is 0.120. The van der Waals surface area contributed by atoms with E-state index in [0.29, 0.717) is 69.3 Å². The zero-order valence-corrected chi connectivity index (χ0v) is 20.7. The standard InChI is InChI=1S/C27H24ClN3O6/c1-16-14-18(4-7-20(16)28)31-27(33)30-17-2-5-19(6-3-17)37-22-8-9-29-21-15-23(34-11-10-32)25-26(24(21)22)36-13-12-35-25/h2-9,14-15,32H,10-13H2,1H3,(H2,30,31,33). The Bertz CT molecular complexity index is 1440. The molecule has 0 bridgehead atoms. The lowest BCUT2D eigenvalue weighted by Crippen LogP contribution is -2.19. The van der Waals surface area contributed by atoms with E-state index in [1.54, 1.807) is 60.8 Å². The maximum atomic E-state index is 12.4. The maximum absolute atomic E-state index is 12.4. The fourth-order valence-corrected chi connectivity index (χ4v) is 3.99. The largest absolute Gasteiger partial charge is 0.487 e. The van der Waals surface area contributed by atoms with Crippen LogP contribution in [-0.2, 0) is 0 Å². The van der Waals surface area contributed by atoms with Crippen LogP contribution in [0.2, 0.25) is 5.02 Å². The number of amides is 2. The fraction of sp³-hybridized carbons (Fsp3) is 0.185. The SMILES string of the molecule is Cc1cc(NC(=O)Nc2ccc(Oc3ccnc4cc(OCCO)c5c(c34)OCCO5)cc2)ccc1Cl. The van der Waals surface area contributed by atoms with Gasteiger partial charge in [0.05, 0.1) is 17.5 Å². The number of aryl methyl sites for hydroxylation is 1. The van der Waals surface area contributed by atoms with Crippen LogP contribution >= 0.6 is 11.6 Å². The molecule has 1 aliphatic heterocycles. The van der Waals surface area contributed by atoms with Crippen molar-refractivity contribution < 1.29 is 28.8 Å². The Hall–Kier alpha value is -4.21. The van der Waals surface area contributed by atoms with Crippen molar-refractivity contribution >= 4 is 39.9 Å². The smallest absolute Gasteiger partial charge is 0.323 e. The number of nitrogens with zero attached hydrogens (tertiary/aromatic N) is 1. The van der Waals surface area contributed by atoms with E-state index in [0.717, 1.165) is 5.56 Å². The number of pyridine rings is 1. The van der Waals surface area contributed by atoms with Crippen LogP contribution in [0.5, 0.6) is 28.7 Å². The number of nitrogens with one attached hydrogen (secondary N) is 2. The van der Waals surface area contributed by atoms with Gasteiger partial charge in [0.15, 0.2) is 11.5 Å². The van der Waals surface area contributed by atoms with E-state index >= 15 is 0 Å². The van der Waals surface area contributed by atoms with Crippen molar-refractivity contribution in [2.45, 2.75) is 6.92 Å². The number of hydrogen-bond donors (Lipinski definition) is 3. The van der Waals surface area contributed by atoms with Gasteiger partial charge in [0.1, 0.15) is 31.3 Å². The van der Waals surface area contributed by atoms with Crippen molar-refractivity contribution in [3.8, 4) is 28.7 Å².